The van der Waals surface area contributed by atoms with E-state index in [1.165, 1.54) is 29.4 Å². The summed E-state index contributed by atoms with van der Waals surface area (Å²) < 4.78 is 73.9. The largest absolute Gasteiger partial charge is 0.487 e. The summed E-state index contributed by atoms with van der Waals surface area (Å²) >= 11 is 0. The standard InChI is InChI=1S/C35H47N3O9S2/c1-25(2)22-38(23-33(46-26(3)39)30(20-27-14-10-8-11-15-27)36-34(40)47-35(4,5)6)49(43,44)29-18-19-32(31(21-29)37-48(7,41)42)45-24-28-16-12-9-13-17-28/h8-19,21,25,30,33,37H,20,22-24H2,1-7H3,(H,36,40)/t30-,33+/m0/s1. The highest BCUT2D eigenvalue weighted by atomic mass is 32.2. The lowest BCUT2D eigenvalue weighted by Gasteiger charge is -2.33. The van der Waals surface area contributed by atoms with Crippen molar-refractivity contribution in [2.75, 3.05) is 24.1 Å². The van der Waals surface area contributed by atoms with E-state index in [9.17, 15) is 26.4 Å². The second-order valence-electron chi connectivity index (χ2n) is 13.1. The first-order valence-electron chi connectivity index (χ1n) is 15.8. The molecule has 12 nitrogen and oxygen atoms in total. The number of benzene rings is 3. The third-order valence-electron chi connectivity index (χ3n) is 6.84. The minimum absolute atomic E-state index is 0.0195. The van der Waals surface area contributed by atoms with Crippen LogP contribution in [0.4, 0.5) is 10.5 Å². The van der Waals surface area contributed by atoms with Crippen LogP contribution in [0.1, 0.15) is 52.7 Å². The van der Waals surface area contributed by atoms with Gasteiger partial charge in [-0.25, -0.2) is 21.6 Å². The monoisotopic (exact) mass is 717 g/mol. The second-order valence-corrected chi connectivity index (χ2v) is 16.8. The van der Waals surface area contributed by atoms with Crippen molar-refractivity contribution in [3.05, 3.63) is 90.0 Å². The molecule has 0 aliphatic heterocycles. The predicted octanol–water partition coefficient (Wildman–Crippen LogP) is 5.35. The lowest BCUT2D eigenvalue weighted by atomic mass is 10.0. The Morgan fingerprint density at radius 1 is 0.857 bits per heavy atom. The van der Waals surface area contributed by atoms with Crippen molar-refractivity contribution in [2.24, 2.45) is 5.92 Å². The number of carbonyl (C=O) groups is 2. The Bertz CT molecular complexity index is 1760. The lowest BCUT2D eigenvalue weighted by Crippen LogP contribution is -2.53. The fraction of sp³-hybridized carbons (Fsp3) is 0.429. The van der Waals surface area contributed by atoms with Gasteiger partial charge in [-0.2, -0.15) is 4.31 Å². The van der Waals surface area contributed by atoms with Crippen LogP contribution >= 0.6 is 0 Å². The van der Waals surface area contributed by atoms with Gasteiger partial charge in [-0.3, -0.25) is 9.52 Å². The van der Waals surface area contributed by atoms with Gasteiger partial charge in [0, 0.05) is 13.5 Å². The molecule has 2 atom stereocenters. The van der Waals surface area contributed by atoms with Crippen molar-refractivity contribution in [3.8, 4) is 5.75 Å². The van der Waals surface area contributed by atoms with Crippen LogP contribution < -0.4 is 14.8 Å². The third-order valence-corrected chi connectivity index (χ3v) is 9.26. The van der Waals surface area contributed by atoms with E-state index in [0.29, 0.717) is 0 Å². The molecule has 0 bridgehead atoms. The van der Waals surface area contributed by atoms with Crippen LogP contribution in [0.25, 0.3) is 0 Å². The van der Waals surface area contributed by atoms with E-state index in [1.54, 1.807) is 20.8 Å². The van der Waals surface area contributed by atoms with E-state index in [-0.39, 0.29) is 48.4 Å². The number of alkyl carbamates (subject to hydrolysis) is 1. The minimum atomic E-state index is -4.34. The van der Waals surface area contributed by atoms with Crippen LogP contribution in [0.15, 0.2) is 83.8 Å². The van der Waals surface area contributed by atoms with Crippen LogP contribution in [0.3, 0.4) is 0 Å². The molecule has 0 aliphatic carbocycles. The van der Waals surface area contributed by atoms with E-state index in [0.717, 1.165) is 17.4 Å². The van der Waals surface area contributed by atoms with Crippen LogP contribution in [-0.4, -0.2) is 70.3 Å². The maximum absolute atomic E-state index is 14.3. The van der Waals surface area contributed by atoms with Gasteiger partial charge in [0.05, 0.1) is 29.4 Å². The summed E-state index contributed by atoms with van der Waals surface area (Å²) in [5.41, 5.74) is 0.754. The molecule has 0 aliphatic rings. The number of ether oxygens (including phenoxy) is 3. The summed E-state index contributed by atoms with van der Waals surface area (Å²) in [6, 6.07) is 21.4. The van der Waals surface area contributed by atoms with E-state index in [4.69, 9.17) is 14.2 Å². The van der Waals surface area contributed by atoms with Gasteiger partial charge in [-0.1, -0.05) is 74.5 Å². The van der Waals surface area contributed by atoms with Crippen LogP contribution in [0, 0.1) is 5.92 Å². The Morgan fingerprint density at radius 2 is 1.45 bits per heavy atom. The van der Waals surface area contributed by atoms with Gasteiger partial charge in [0.1, 0.15) is 24.1 Å². The van der Waals surface area contributed by atoms with E-state index in [2.05, 4.69) is 10.0 Å². The Kier molecular flexibility index (Phi) is 13.6. The molecule has 3 aromatic rings. The molecule has 3 aromatic carbocycles. The van der Waals surface area contributed by atoms with Crippen LogP contribution in [0.2, 0.25) is 0 Å². The van der Waals surface area contributed by atoms with E-state index < -0.39 is 49.9 Å². The van der Waals surface area contributed by atoms with Crippen molar-refractivity contribution in [3.63, 3.8) is 0 Å². The van der Waals surface area contributed by atoms with Crippen molar-refractivity contribution in [1.82, 2.24) is 9.62 Å². The number of nitrogens with one attached hydrogen (secondary N) is 2. The molecule has 3 rings (SSSR count). The smallest absolute Gasteiger partial charge is 0.408 e. The number of hydrogen-bond acceptors (Lipinski definition) is 9. The highest BCUT2D eigenvalue weighted by Crippen LogP contribution is 2.31. The van der Waals surface area contributed by atoms with Gasteiger partial charge in [0.15, 0.2) is 0 Å². The SMILES string of the molecule is CC(=O)O[C@H](CN(CC(C)C)S(=O)(=O)c1ccc(OCc2ccccc2)c(NS(C)(=O)=O)c1)[C@H](Cc1ccccc1)NC(=O)OC(C)(C)C. The maximum Gasteiger partial charge on any atom is 0.408 e. The van der Waals surface area contributed by atoms with Crippen LogP contribution in [0.5, 0.6) is 5.75 Å². The molecule has 0 saturated carbocycles. The number of rotatable bonds is 16. The lowest BCUT2D eigenvalue weighted by molar-refractivity contribution is -0.148. The van der Waals surface area contributed by atoms with Crippen molar-refractivity contribution < 1.29 is 40.6 Å². The molecule has 0 fully saturated rings. The number of amides is 1. The number of esters is 1. The number of anilines is 1. The Hall–Kier alpha value is -4.14. The molecular formula is C35H47N3O9S2. The van der Waals surface area contributed by atoms with Gasteiger partial charge in [-0.15, -0.1) is 0 Å². The average Bonchev–Trinajstić information content (AvgIpc) is 2.98. The second kappa shape index (κ2) is 17.0. The Labute approximate surface area is 290 Å². The Balaban J connectivity index is 2.04. The fourth-order valence-electron chi connectivity index (χ4n) is 4.90. The quantitative estimate of drug-likeness (QED) is 0.186. The van der Waals surface area contributed by atoms with Gasteiger partial charge in [0.2, 0.25) is 20.0 Å². The van der Waals surface area contributed by atoms with Crippen molar-refractivity contribution >= 4 is 37.8 Å². The van der Waals surface area contributed by atoms with Gasteiger partial charge >= 0.3 is 12.1 Å². The van der Waals surface area contributed by atoms with E-state index in [1.807, 2.05) is 74.5 Å². The molecule has 0 heterocycles. The first-order chi connectivity index (χ1) is 22.8. The molecule has 0 radical (unpaired) electrons. The highest BCUT2D eigenvalue weighted by molar-refractivity contribution is 7.92. The molecule has 0 aromatic heterocycles. The normalized spacial score (nSPS) is 13.4. The molecular weight excluding hydrogens is 671 g/mol. The Morgan fingerprint density at radius 3 is 1.98 bits per heavy atom. The zero-order valence-electron chi connectivity index (χ0n) is 29.0. The summed E-state index contributed by atoms with van der Waals surface area (Å²) in [5.74, 6) is -0.706. The molecule has 1 amide bonds. The molecule has 2 N–H and O–H groups in total. The third kappa shape index (κ3) is 13.4. The fourth-order valence-corrected chi connectivity index (χ4v) is 7.10. The average molecular weight is 718 g/mol. The zero-order valence-corrected chi connectivity index (χ0v) is 30.6. The van der Waals surface area contributed by atoms with E-state index >= 15 is 0 Å². The molecule has 0 unspecified atom stereocenters. The molecule has 268 valence electrons. The first kappa shape index (κ1) is 39.3. The zero-order chi connectivity index (χ0) is 36.4. The number of carbonyl (C=O) groups excluding carboxylic acids is 2. The number of hydrogen-bond donors (Lipinski definition) is 2. The summed E-state index contributed by atoms with van der Waals surface area (Å²) in [7, 11) is -8.18. The number of sulfonamides is 2. The summed E-state index contributed by atoms with van der Waals surface area (Å²) in [5, 5.41) is 2.79. The van der Waals surface area contributed by atoms with Crippen LogP contribution in [-0.2, 0) is 47.3 Å². The topological polar surface area (TPSA) is 157 Å². The predicted molar refractivity (Wildman–Crippen MR) is 188 cm³/mol. The number of nitrogens with zero attached hydrogens (tertiary/aromatic N) is 1. The molecule has 14 heteroatoms. The van der Waals surface area contributed by atoms with Gasteiger partial charge < -0.3 is 19.5 Å². The van der Waals surface area contributed by atoms with Crippen molar-refractivity contribution in [2.45, 2.75) is 77.2 Å². The molecule has 49 heavy (non-hydrogen) atoms. The first-order valence-corrected chi connectivity index (χ1v) is 19.1. The molecule has 0 spiro atoms. The van der Waals surface area contributed by atoms with Gasteiger partial charge in [0.25, 0.3) is 0 Å². The molecule has 0 saturated heterocycles. The highest BCUT2D eigenvalue weighted by Gasteiger charge is 2.35. The minimum Gasteiger partial charge on any atom is -0.487 e. The van der Waals surface area contributed by atoms with Gasteiger partial charge in [-0.05, 0) is 62.4 Å². The summed E-state index contributed by atoms with van der Waals surface area (Å²) in [6.45, 7) is 9.82. The maximum atomic E-state index is 14.3. The summed E-state index contributed by atoms with van der Waals surface area (Å²) in [6.07, 6.45) is -0.745. The van der Waals surface area contributed by atoms with Crippen molar-refractivity contribution in [1.29, 1.82) is 0 Å². The summed E-state index contributed by atoms with van der Waals surface area (Å²) in [4.78, 5) is 25.2.